The highest BCUT2D eigenvalue weighted by Gasteiger charge is 2.44. The van der Waals surface area contributed by atoms with Gasteiger partial charge in [-0.15, -0.1) is 0 Å². The highest BCUT2D eigenvalue weighted by Crippen LogP contribution is 2.36. The van der Waals surface area contributed by atoms with Crippen LogP contribution in [0.1, 0.15) is 22.6 Å². The van der Waals surface area contributed by atoms with E-state index in [-0.39, 0.29) is 35.2 Å². The highest BCUT2D eigenvalue weighted by atomic mass is 35.5. The molecule has 2 aromatic carbocycles. The van der Waals surface area contributed by atoms with Gasteiger partial charge in [-0.05, 0) is 41.5 Å². The molecule has 3 aromatic rings. The molecule has 1 aliphatic rings. The van der Waals surface area contributed by atoms with Crippen LogP contribution < -0.4 is 5.32 Å². The third-order valence-electron chi connectivity index (χ3n) is 6.03. The van der Waals surface area contributed by atoms with Crippen molar-refractivity contribution in [3.63, 3.8) is 0 Å². The quantitative estimate of drug-likeness (QED) is 0.476. The number of carbonyl (C=O) groups excluding carboxylic acids is 1. The van der Waals surface area contributed by atoms with E-state index in [0.29, 0.717) is 5.56 Å². The maximum absolute atomic E-state index is 13.5. The van der Waals surface area contributed by atoms with Gasteiger partial charge in [-0.3, -0.25) is 4.79 Å². The minimum Gasteiger partial charge on any atom is -0.352 e. The fourth-order valence-corrected chi connectivity index (χ4v) is 5.77. The van der Waals surface area contributed by atoms with E-state index in [0.717, 1.165) is 22.5 Å². The average molecular weight is 545 g/mol. The number of amides is 1. The molecule has 1 fully saturated rings. The van der Waals surface area contributed by atoms with Gasteiger partial charge in [0.05, 0.1) is 17.8 Å². The van der Waals surface area contributed by atoms with E-state index < -0.39 is 45.3 Å². The molecule has 0 unspecified atom stereocenters. The molecule has 192 valence electrons. The number of benzene rings is 2. The fourth-order valence-electron chi connectivity index (χ4n) is 4.13. The first kappa shape index (κ1) is 26.1. The van der Waals surface area contributed by atoms with Crippen molar-refractivity contribution in [1.82, 2.24) is 19.2 Å². The van der Waals surface area contributed by atoms with Crippen molar-refractivity contribution in [2.45, 2.75) is 23.7 Å². The lowest BCUT2D eigenvalue weighted by molar-refractivity contribution is -0.137. The van der Waals surface area contributed by atoms with E-state index in [1.54, 1.807) is 7.05 Å². The maximum atomic E-state index is 13.5. The number of nitrogens with zero attached hydrogens (tertiary/aromatic N) is 3. The fraction of sp³-hybridized carbons (Fsp3) is 0.304. The van der Waals surface area contributed by atoms with Crippen molar-refractivity contribution in [2.24, 2.45) is 13.0 Å². The van der Waals surface area contributed by atoms with Crippen LogP contribution in [0, 0.1) is 11.7 Å². The second-order valence-corrected chi connectivity index (χ2v) is 10.8. The molecular weight excluding hydrogens is 524 g/mol. The second-order valence-electron chi connectivity index (χ2n) is 8.49. The van der Waals surface area contributed by atoms with E-state index in [9.17, 15) is 30.8 Å². The number of sulfonamides is 1. The molecule has 1 aromatic heterocycles. The number of aryl methyl sites for hydroxylation is 1. The number of hydrogen-bond acceptors (Lipinski definition) is 4. The predicted molar refractivity (Wildman–Crippen MR) is 123 cm³/mol. The number of hydrogen-bond donors (Lipinski definition) is 1. The van der Waals surface area contributed by atoms with E-state index in [1.807, 2.05) is 0 Å². The molecule has 4 rings (SSSR count). The van der Waals surface area contributed by atoms with E-state index in [1.165, 1.54) is 41.4 Å². The molecule has 1 N–H and O–H groups in total. The largest absolute Gasteiger partial charge is 0.416 e. The van der Waals surface area contributed by atoms with Crippen LogP contribution in [-0.2, 0) is 34.6 Å². The van der Waals surface area contributed by atoms with Gasteiger partial charge in [0.2, 0.25) is 5.91 Å². The normalized spacial score (nSPS) is 18.9. The van der Waals surface area contributed by atoms with Crippen molar-refractivity contribution < 1.29 is 30.8 Å². The lowest BCUT2D eigenvalue weighted by atomic mass is 9.88. The van der Waals surface area contributed by atoms with Crippen LogP contribution in [0.3, 0.4) is 0 Å². The summed E-state index contributed by atoms with van der Waals surface area (Å²) < 4.78 is 81.6. The minimum absolute atomic E-state index is 0.0455. The van der Waals surface area contributed by atoms with Crippen LogP contribution in [0.4, 0.5) is 17.6 Å². The van der Waals surface area contributed by atoms with E-state index >= 15 is 0 Å². The van der Waals surface area contributed by atoms with Crippen molar-refractivity contribution >= 4 is 27.5 Å². The molecule has 2 atom stereocenters. The highest BCUT2D eigenvalue weighted by molar-refractivity contribution is 7.89. The zero-order valence-corrected chi connectivity index (χ0v) is 20.4. The van der Waals surface area contributed by atoms with Crippen molar-refractivity contribution in [3.8, 4) is 0 Å². The van der Waals surface area contributed by atoms with Gasteiger partial charge in [0.25, 0.3) is 10.0 Å². The number of carbonyl (C=O) groups is 1. The Labute approximate surface area is 209 Å². The molecule has 0 aliphatic carbocycles. The molecule has 36 heavy (non-hydrogen) atoms. The lowest BCUT2D eigenvalue weighted by Gasteiger charge is -2.19. The summed E-state index contributed by atoms with van der Waals surface area (Å²) in [5.41, 5.74) is -0.296. The molecule has 0 bridgehead atoms. The van der Waals surface area contributed by atoms with Crippen LogP contribution in [0.2, 0.25) is 5.02 Å². The topological polar surface area (TPSA) is 84.3 Å². The second kappa shape index (κ2) is 9.83. The number of rotatable bonds is 6. The van der Waals surface area contributed by atoms with Gasteiger partial charge < -0.3 is 9.88 Å². The summed E-state index contributed by atoms with van der Waals surface area (Å²) in [6.45, 7) is -0.544. The number of alkyl halides is 3. The zero-order chi connectivity index (χ0) is 26.3. The molecule has 0 saturated carbocycles. The van der Waals surface area contributed by atoms with Crippen LogP contribution in [0.15, 0.2) is 60.0 Å². The standard InChI is InChI=1S/C23H21ClF4N4O3S/c1-31-12-21(30-13-31)36(34,35)32-10-18(14-2-5-17(25)6-3-14)19(11-32)22(33)29-9-15-8-16(23(26,27)28)4-7-20(15)24/h2-8,12-13,18-19H,9-11H2,1H3,(H,29,33)/t18-,19+/m1/s1. The Morgan fingerprint density at radius 3 is 2.47 bits per heavy atom. The van der Waals surface area contributed by atoms with E-state index in [4.69, 9.17) is 11.6 Å². The number of halogens is 5. The van der Waals surface area contributed by atoms with Crippen LogP contribution >= 0.6 is 11.6 Å². The Bertz CT molecular complexity index is 1380. The summed E-state index contributed by atoms with van der Waals surface area (Å²) >= 11 is 6.03. The summed E-state index contributed by atoms with van der Waals surface area (Å²) in [5, 5.41) is 2.45. The number of imidazole rings is 1. The van der Waals surface area contributed by atoms with Gasteiger partial charge in [0.15, 0.2) is 5.03 Å². The molecule has 2 heterocycles. The smallest absolute Gasteiger partial charge is 0.352 e. The van der Waals surface area contributed by atoms with Crippen LogP contribution in [0.5, 0.6) is 0 Å². The van der Waals surface area contributed by atoms with Crippen molar-refractivity contribution in [3.05, 3.63) is 82.5 Å². The molecule has 1 aliphatic heterocycles. The SMILES string of the molecule is Cn1cnc(S(=O)(=O)N2C[C@H](C(=O)NCc3cc(C(F)(F)F)ccc3Cl)[C@@H](c3ccc(F)cc3)C2)c1. The third-order valence-corrected chi connectivity index (χ3v) is 8.12. The van der Waals surface area contributed by atoms with Crippen molar-refractivity contribution in [1.29, 1.82) is 0 Å². The molecule has 0 spiro atoms. The summed E-state index contributed by atoms with van der Waals surface area (Å²) in [6, 6.07) is 8.17. The Hall–Kier alpha value is -2.96. The third kappa shape index (κ3) is 5.40. The molecule has 0 radical (unpaired) electrons. The van der Waals surface area contributed by atoms with Crippen molar-refractivity contribution in [2.75, 3.05) is 13.1 Å². The summed E-state index contributed by atoms with van der Waals surface area (Å²) in [4.78, 5) is 17.1. The number of nitrogens with one attached hydrogen (secondary N) is 1. The molecule has 7 nitrogen and oxygen atoms in total. The van der Waals surface area contributed by atoms with Gasteiger partial charge in [0, 0.05) is 43.8 Å². The van der Waals surface area contributed by atoms with Crippen LogP contribution in [-0.4, -0.2) is 41.3 Å². The Balaban J connectivity index is 1.59. The van der Waals surface area contributed by atoms with Crippen LogP contribution in [0.25, 0.3) is 0 Å². The zero-order valence-electron chi connectivity index (χ0n) is 18.8. The monoisotopic (exact) mass is 544 g/mol. The first-order chi connectivity index (χ1) is 16.9. The molecule has 1 amide bonds. The Morgan fingerprint density at radius 2 is 1.86 bits per heavy atom. The summed E-state index contributed by atoms with van der Waals surface area (Å²) in [5.74, 6) is -2.58. The molecule has 1 saturated heterocycles. The number of aromatic nitrogens is 2. The maximum Gasteiger partial charge on any atom is 0.416 e. The predicted octanol–water partition coefficient (Wildman–Crippen LogP) is 3.95. The Morgan fingerprint density at radius 1 is 1.17 bits per heavy atom. The molecular formula is C23H21ClF4N4O3S. The minimum atomic E-state index is -4.58. The van der Waals surface area contributed by atoms with E-state index in [2.05, 4.69) is 10.3 Å². The summed E-state index contributed by atoms with van der Waals surface area (Å²) in [6.07, 6.45) is -1.91. The molecule has 13 heteroatoms. The average Bonchev–Trinajstić information content (AvgIpc) is 3.46. The Kier molecular flexibility index (Phi) is 7.13. The summed E-state index contributed by atoms with van der Waals surface area (Å²) in [7, 11) is -2.41. The van der Waals surface area contributed by atoms with Gasteiger partial charge in [0.1, 0.15) is 5.82 Å². The van der Waals surface area contributed by atoms with Gasteiger partial charge in [-0.1, -0.05) is 23.7 Å². The first-order valence-electron chi connectivity index (χ1n) is 10.7. The lowest BCUT2D eigenvalue weighted by Crippen LogP contribution is -2.35. The van der Waals surface area contributed by atoms with Gasteiger partial charge in [-0.2, -0.15) is 17.5 Å². The first-order valence-corrected chi connectivity index (χ1v) is 12.5. The van der Waals surface area contributed by atoms with Gasteiger partial charge in [-0.25, -0.2) is 17.8 Å². The van der Waals surface area contributed by atoms with Gasteiger partial charge >= 0.3 is 6.18 Å².